The molecule has 0 bridgehead atoms. The van der Waals surface area contributed by atoms with E-state index >= 15 is 0 Å². The molecule has 0 aromatic carbocycles. The molecule has 2 aromatic rings. The van der Waals surface area contributed by atoms with E-state index in [2.05, 4.69) is 9.97 Å². The minimum Gasteiger partial charge on any atom is -0.477 e. The molecular formula is C12H8Cl2N2O2S. The topological polar surface area (TPSA) is 63.1 Å². The van der Waals surface area contributed by atoms with Crippen LogP contribution in [-0.2, 0) is 5.75 Å². The Morgan fingerprint density at radius 3 is 2.79 bits per heavy atom. The summed E-state index contributed by atoms with van der Waals surface area (Å²) in [6, 6.07) is 6.72. The van der Waals surface area contributed by atoms with Crippen LogP contribution in [0.15, 0.2) is 35.4 Å². The number of nitrogens with zero attached hydrogens (tertiary/aromatic N) is 2. The second kappa shape index (κ2) is 6.23. The van der Waals surface area contributed by atoms with Crippen molar-refractivity contribution in [3.63, 3.8) is 0 Å². The maximum Gasteiger partial charge on any atom is 0.354 e. The van der Waals surface area contributed by atoms with Crippen LogP contribution in [0, 0.1) is 0 Å². The maximum atomic E-state index is 10.8. The van der Waals surface area contributed by atoms with Gasteiger partial charge in [-0.2, -0.15) is 0 Å². The molecule has 19 heavy (non-hydrogen) atoms. The van der Waals surface area contributed by atoms with Gasteiger partial charge < -0.3 is 5.11 Å². The van der Waals surface area contributed by atoms with Crippen molar-refractivity contribution in [3.8, 4) is 0 Å². The van der Waals surface area contributed by atoms with Crippen molar-refractivity contribution in [1.29, 1.82) is 0 Å². The molecule has 98 valence electrons. The molecule has 0 unspecified atom stereocenters. The van der Waals surface area contributed by atoms with E-state index in [4.69, 9.17) is 28.3 Å². The van der Waals surface area contributed by atoms with E-state index in [1.807, 2.05) is 0 Å². The highest BCUT2D eigenvalue weighted by molar-refractivity contribution is 7.98. The summed E-state index contributed by atoms with van der Waals surface area (Å²) in [5, 5.41) is 9.55. The van der Waals surface area contributed by atoms with Crippen molar-refractivity contribution in [2.45, 2.75) is 10.6 Å². The SMILES string of the molecule is O=C(O)c1cc(SCc2ccc(Cl)nc2Cl)ccn1. The van der Waals surface area contributed by atoms with Gasteiger partial charge in [-0.3, -0.25) is 0 Å². The van der Waals surface area contributed by atoms with Gasteiger partial charge in [0, 0.05) is 16.8 Å². The number of hydrogen-bond acceptors (Lipinski definition) is 4. The van der Waals surface area contributed by atoms with Crippen molar-refractivity contribution in [3.05, 3.63) is 52.0 Å². The van der Waals surface area contributed by atoms with Crippen molar-refractivity contribution in [2.24, 2.45) is 0 Å². The van der Waals surface area contributed by atoms with Gasteiger partial charge in [0.25, 0.3) is 0 Å². The average molecular weight is 315 g/mol. The zero-order valence-electron chi connectivity index (χ0n) is 9.51. The van der Waals surface area contributed by atoms with Gasteiger partial charge in [0.05, 0.1) is 0 Å². The van der Waals surface area contributed by atoms with Crippen molar-refractivity contribution in [2.75, 3.05) is 0 Å². The van der Waals surface area contributed by atoms with Crippen LogP contribution >= 0.6 is 35.0 Å². The lowest BCUT2D eigenvalue weighted by atomic mass is 10.3. The molecule has 0 atom stereocenters. The van der Waals surface area contributed by atoms with E-state index in [0.717, 1.165) is 10.5 Å². The van der Waals surface area contributed by atoms with Crippen LogP contribution in [0.5, 0.6) is 0 Å². The Morgan fingerprint density at radius 1 is 1.32 bits per heavy atom. The Balaban J connectivity index is 2.10. The van der Waals surface area contributed by atoms with Crippen LogP contribution in [0.3, 0.4) is 0 Å². The highest BCUT2D eigenvalue weighted by atomic mass is 35.5. The highest BCUT2D eigenvalue weighted by Crippen LogP contribution is 2.26. The highest BCUT2D eigenvalue weighted by Gasteiger charge is 2.07. The quantitative estimate of drug-likeness (QED) is 0.687. The third-order valence-corrected chi connectivity index (χ3v) is 3.82. The minimum absolute atomic E-state index is 0.0188. The summed E-state index contributed by atoms with van der Waals surface area (Å²) < 4.78 is 0. The fourth-order valence-corrected chi connectivity index (χ4v) is 2.73. The van der Waals surface area contributed by atoms with Gasteiger partial charge >= 0.3 is 5.97 Å². The first kappa shape index (κ1) is 14.1. The van der Waals surface area contributed by atoms with Gasteiger partial charge in [-0.25, -0.2) is 14.8 Å². The maximum absolute atomic E-state index is 10.8. The van der Waals surface area contributed by atoms with E-state index in [9.17, 15) is 4.79 Å². The number of hydrogen-bond donors (Lipinski definition) is 1. The fraction of sp³-hybridized carbons (Fsp3) is 0.0833. The Bertz CT molecular complexity index is 622. The van der Waals surface area contributed by atoms with Crippen LogP contribution < -0.4 is 0 Å². The Labute approximate surface area is 123 Å². The number of aromatic nitrogens is 2. The molecule has 0 saturated heterocycles. The lowest BCUT2D eigenvalue weighted by Gasteiger charge is -2.04. The molecule has 2 heterocycles. The third kappa shape index (κ3) is 3.83. The number of aromatic carboxylic acids is 1. The van der Waals surface area contributed by atoms with Crippen LogP contribution in [0.25, 0.3) is 0 Å². The number of carboxylic acid groups (broad SMARTS) is 1. The molecule has 0 saturated carbocycles. The molecule has 7 heteroatoms. The van der Waals surface area contributed by atoms with Crippen molar-refractivity contribution >= 4 is 40.9 Å². The van der Waals surface area contributed by atoms with Gasteiger partial charge in [0.1, 0.15) is 16.0 Å². The number of carbonyl (C=O) groups is 1. The van der Waals surface area contributed by atoms with Crippen LogP contribution in [-0.4, -0.2) is 21.0 Å². The molecule has 0 aliphatic carbocycles. The predicted octanol–water partition coefficient (Wildman–Crippen LogP) is 3.77. The van der Waals surface area contributed by atoms with E-state index in [-0.39, 0.29) is 5.69 Å². The lowest BCUT2D eigenvalue weighted by Crippen LogP contribution is -1.99. The molecule has 0 aliphatic heterocycles. The Morgan fingerprint density at radius 2 is 2.11 bits per heavy atom. The molecule has 0 spiro atoms. The molecule has 0 fully saturated rings. The van der Waals surface area contributed by atoms with Crippen molar-refractivity contribution < 1.29 is 9.90 Å². The summed E-state index contributed by atoms with van der Waals surface area (Å²) in [7, 11) is 0. The van der Waals surface area contributed by atoms with Crippen LogP contribution in [0.2, 0.25) is 10.3 Å². The Hall–Kier alpha value is -1.30. The van der Waals surface area contributed by atoms with E-state index < -0.39 is 5.97 Å². The predicted molar refractivity (Wildman–Crippen MR) is 75.0 cm³/mol. The minimum atomic E-state index is -1.05. The van der Waals surface area contributed by atoms with Crippen LogP contribution in [0.1, 0.15) is 16.1 Å². The monoisotopic (exact) mass is 314 g/mol. The molecule has 0 amide bonds. The van der Waals surface area contributed by atoms with Gasteiger partial charge in [-0.1, -0.05) is 29.3 Å². The van der Waals surface area contributed by atoms with Crippen LogP contribution in [0.4, 0.5) is 0 Å². The Kier molecular flexibility index (Phi) is 4.63. The smallest absolute Gasteiger partial charge is 0.354 e. The summed E-state index contributed by atoms with van der Waals surface area (Å²) in [6.07, 6.45) is 1.47. The molecular weight excluding hydrogens is 307 g/mol. The van der Waals surface area contributed by atoms with Gasteiger partial charge in [0.15, 0.2) is 0 Å². The number of rotatable bonds is 4. The normalized spacial score (nSPS) is 10.4. The summed E-state index contributed by atoms with van der Waals surface area (Å²) >= 11 is 13.1. The summed E-state index contributed by atoms with van der Waals surface area (Å²) in [6.45, 7) is 0. The molecule has 4 nitrogen and oxygen atoms in total. The number of carboxylic acids is 1. The first-order chi connectivity index (χ1) is 9.06. The number of thioether (sulfide) groups is 1. The lowest BCUT2D eigenvalue weighted by molar-refractivity contribution is 0.0690. The van der Waals surface area contributed by atoms with Gasteiger partial charge in [-0.15, -0.1) is 11.8 Å². The van der Waals surface area contributed by atoms with E-state index in [1.54, 1.807) is 18.2 Å². The second-order valence-electron chi connectivity index (χ2n) is 3.55. The van der Waals surface area contributed by atoms with E-state index in [1.165, 1.54) is 24.0 Å². The fourth-order valence-electron chi connectivity index (χ4n) is 1.33. The number of pyridine rings is 2. The average Bonchev–Trinajstić information content (AvgIpc) is 2.38. The van der Waals surface area contributed by atoms with Gasteiger partial charge in [0.2, 0.25) is 0 Å². The summed E-state index contributed by atoms with van der Waals surface area (Å²) in [5.41, 5.74) is 0.857. The van der Waals surface area contributed by atoms with E-state index in [0.29, 0.717) is 16.1 Å². The first-order valence-corrected chi connectivity index (χ1v) is 6.93. The molecule has 2 aromatic heterocycles. The number of halogens is 2. The standard InChI is InChI=1S/C12H8Cl2N2O2S/c13-10-2-1-7(11(14)16-10)6-19-8-3-4-15-9(5-8)12(17)18/h1-5H,6H2,(H,17,18). The molecule has 2 rings (SSSR count). The summed E-state index contributed by atoms with van der Waals surface area (Å²) in [4.78, 5) is 19.3. The second-order valence-corrected chi connectivity index (χ2v) is 5.35. The largest absolute Gasteiger partial charge is 0.477 e. The zero-order chi connectivity index (χ0) is 13.8. The third-order valence-electron chi connectivity index (χ3n) is 2.24. The zero-order valence-corrected chi connectivity index (χ0v) is 11.8. The van der Waals surface area contributed by atoms with Crippen molar-refractivity contribution in [1.82, 2.24) is 9.97 Å². The molecule has 0 radical (unpaired) electrons. The molecule has 0 aliphatic rings. The first-order valence-electron chi connectivity index (χ1n) is 5.19. The van der Waals surface area contributed by atoms with Gasteiger partial charge in [-0.05, 0) is 23.8 Å². The molecule has 1 N–H and O–H groups in total. The summed E-state index contributed by atoms with van der Waals surface area (Å²) in [5.74, 6) is -0.472.